The normalized spacial score (nSPS) is 15.9. The van der Waals surface area contributed by atoms with Gasteiger partial charge in [0.1, 0.15) is 5.52 Å². The van der Waals surface area contributed by atoms with E-state index < -0.39 is 0 Å². The first kappa shape index (κ1) is 19.6. The summed E-state index contributed by atoms with van der Waals surface area (Å²) in [6.45, 7) is 8.41. The number of rotatable bonds is 9. The summed E-state index contributed by atoms with van der Waals surface area (Å²) in [4.78, 5) is 23.0. The molecule has 2 aromatic rings. The second kappa shape index (κ2) is 9.66. The third kappa shape index (κ3) is 5.17. The Kier molecular flexibility index (Phi) is 7.00. The van der Waals surface area contributed by atoms with Crippen LogP contribution in [0.15, 0.2) is 18.3 Å². The molecule has 27 heavy (non-hydrogen) atoms. The Morgan fingerprint density at radius 1 is 1.30 bits per heavy atom. The lowest BCUT2D eigenvalue weighted by Crippen LogP contribution is -2.42. The Balaban J connectivity index is 1.61. The summed E-state index contributed by atoms with van der Waals surface area (Å²) in [5.41, 5.74) is 1.76. The lowest BCUT2D eigenvalue weighted by atomic mass is 10.1. The molecule has 148 valence electrons. The summed E-state index contributed by atoms with van der Waals surface area (Å²) < 4.78 is 12.6. The van der Waals surface area contributed by atoms with Crippen molar-refractivity contribution in [2.45, 2.75) is 39.3 Å². The largest absolute Gasteiger partial charge is 0.465 e. The third-order valence-corrected chi connectivity index (χ3v) is 4.75. The van der Waals surface area contributed by atoms with Crippen LogP contribution < -0.4 is 5.32 Å². The Bertz CT molecular complexity index is 740. The standard InChI is InChI=1S/C19H29N5O3/c1-3-26-13-12-24-18-16(6-5-9-20-18)22-19(24)21-15-7-10-23(11-8-15)14-17(25)27-4-2/h5-6,9,15H,3-4,7-8,10-14H2,1-2H3,(H,21,22). The number of esters is 1. The van der Waals surface area contributed by atoms with Crippen LogP contribution in [0.2, 0.25) is 0 Å². The van der Waals surface area contributed by atoms with Gasteiger partial charge in [-0.15, -0.1) is 0 Å². The van der Waals surface area contributed by atoms with Gasteiger partial charge in [-0.3, -0.25) is 14.3 Å². The van der Waals surface area contributed by atoms with Gasteiger partial charge in [0.05, 0.1) is 26.3 Å². The van der Waals surface area contributed by atoms with Crippen molar-refractivity contribution in [1.82, 2.24) is 19.4 Å². The van der Waals surface area contributed by atoms with Crippen LogP contribution in [0.5, 0.6) is 0 Å². The van der Waals surface area contributed by atoms with Crippen LogP contribution >= 0.6 is 0 Å². The van der Waals surface area contributed by atoms with Crippen molar-refractivity contribution in [1.29, 1.82) is 0 Å². The molecule has 1 aliphatic heterocycles. The van der Waals surface area contributed by atoms with Gasteiger partial charge in [0.15, 0.2) is 5.65 Å². The molecule has 0 bridgehead atoms. The molecule has 1 aliphatic rings. The van der Waals surface area contributed by atoms with Crippen LogP contribution in [-0.2, 0) is 20.8 Å². The summed E-state index contributed by atoms with van der Waals surface area (Å²) in [7, 11) is 0. The van der Waals surface area contributed by atoms with Gasteiger partial charge >= 0.3 is 5.97 Å². The fraction of sp³-hybridized carbons (Fsp3) is 0.632. The topological polar surface area (TPSA) is 81.5 Å². The second-order valence-corrected chi connectivity index (χ2v) is 6.63. The van der Waals surface area contributed by atoms with Crippen molar-refractivity contribution in [2.24, 2.45) is 0 Å². The van der Waals surface area contributed by atoms with Crippen LogP contribution in [-0.4, -0.2) is 70.9 Å². The predicted molar refractivity (Wildman–Crippen MR) is 104 cm³/mol. The number of carbonyl (C=O) groups is 1. The maximum absolute atomic E-state index is 11.6. The van der Waals surface area contributed by atoms with Gasteiger partial charge in [-0.25, -0.2) is 9.97 Å². The molecule has 8 nitrogen and oxygen atoms in total. The van der Waals surface area contributed by atoms with E-state index in [9.17, 15) is 4.79 Å². The molecule has 1 saturated heterocycles. The van der Waals surface area contributed by atoms with Gasteiger partial charge in [-0.2, -0.15) is 0 Å². The highest BCUT2D eigenvalue weighted by molar-refractivity contribution is 5.74. The predicted octanol–water partition coefficient (Wildman–Crippen LogP) is 1.91. The second-order valence-electron chi connectivity index (χ2n) is 6.63. The van der Waals surface area contributed by atoms with E-state index in [0.717, 1.165) is 43.0 Å². The molecule has 1 N–H and O–H groups in total. The highest BCUT2D eigenvalue weighted by Crippen LogP contribution is 2.21. The average Bonchev–Trinajstić information content (AvgIpc) is 3.01. The van der Waals surface area contributed by atoms with Crippen LogP contribution in [0, 0.1) is 0 Å². The van der Waals surface area contributed by atoms with Gasteiger partial charge in [-0.05, 0) is 38.8 Å². The van der Waals surface area contributed by atoms with Gasteiger partial charge in [0.25, 0.3) is 0 Å². The molecule has 0 spiro atoms. The summed E-state index contributed by atoms with van der Waals surface area (Å²) in [5.74, 6) is 0.694. The number of hydrogen-bond donors (Lipinski definition) is 1. The van der Waals surface area contributed by atoms with Crippen LogP contribution in [0.25, 0.3) is 11.2 Å². The van der Waals surface area contributed by atoms with Crippen molar-refractivity contribution in [3.8, 4) is 0 Å². The molecular formula is C19H29N5O3. The number of piperidine rings is 1. The molecule has 0 aromatic carbocycles. The Labute approximate surface area is 159 Å². The Morgan fingerprint density at radius 2 is 2.11 bits per heavy atom. The number of carbonyl (C=O) groups excluding carboxylic acids is 1. The number of anilines is 1. The summed E-state index contributed by atoms with van der Waals surface area (Å²) in [5, 5.41) is 3.58. The molecule has 0 saturated carbocycles. The lowest BCUT2D eigenvalue weighted by molar-refractivity contribution is -0.144. The van der Waals surface area contributed by atoms with Gasteiger partial charge < -0.3 is 14.8 Å². The smallest absolute Gasteiger partial charge is 0.320 e. The zero-order valence-corrected chi connectivity index (χ0v) is 16.2. The molecule has 0 atom stereocenters. The fourth-order valence-electron chi connectivity index (χ4n) is 3.39. The molecular weight excluding hydrogens is 346 g/mol. The zero-order valence-electron chi connectivity index (χ0n) is 16.2. The molecule has 2 aromatic heterocycles. The summed E-state index contributed by atoms with van der Waals surface area (Å²) >= 11 is 0. The van der Waals surface area contributed by atoms with Crippen molar-refractivity contribution in [2.75, 3.05) is 44.8 Å². The minimum atomic E-state index is -0.146. The van der Waals surface area contributed by atoms with E-state index in [0.29, 0.717) is 39.0 Å². The number of hydrogen-bond acceptors (Lipinski definition) is 7. The van der Waals surface area contributed by atoms with E-state index >= 15 is 0 Å². The third-order valence-electron chi connectivity index (χ3n) is 4.75. The summed E-state index contributed by atoms with van der Waals surface area (Å²) in [6, 6.07) is 4.21. The molecule has 0 aliphatic carbocycles. The maximum atomic E-state index is 11.6. The highest BCUT2D eigenvalue weighted by atomic mass is 16.5. The number of fused-ring (bicyclic) bond motifs is 1. The molecule has 0 amide bonds. The first-order chi connectivity index (χ1) is 13.2. The minimum absolute atomic E-state index is 0.146. The lowest BCUT2D eigenvalue weighted by Gasteiger charge is -2.31. The van der Waals surface area contributed by atoms with E-state index in [-0.39, 0.29) is 5.97 Å². The van der Waals surface area contributed by atoms with E-state index in [1.807, 2.05) is 26.0 Å². The van der Waals surface area contributed by atoms with Crippen molar-refractivity contribution in [3.05, 3.63) is 18.3 Å². The number of aromatic nitrogens is 3. The monoisotopic (exact) mass is 375 g/mol. The zero-order chi connectivity index (χ0) is 19.1. The van der Waals surface area contributed by atoms with E-state index in [1.165, 1.54) is 0 Å². The Hall–Kier alpha value is -2.19. The quantitative estimate of drug-likeness (QED) is 0.529. The average molecular weight is 375 g/mol. The van der Waals surface area contributed by atoms with Crippen molar-refractivity contribution in [3.63, 3.8) is 0 Å². The van der Waals surface area contributed by atoms with E-state index in [2.05, 4.69) is 19.8 Å². The molecule has 3 rings (SSSR count). The first-order valence-electron chi connectivity index (χ1n) is 9.74. The molecule has 3 heterocycles. The molecule has 0 unspecified atom stereocenters. The minimum Gasteiger partial charge on any atom is -0.465 e. The van der Waals surface area contributed by atoms with Gasteiger partial charge in [0.2, 0.25) is 5.95 Å². The van der Waals surface area contributed by atoms with Crippen LogP contribution in [0.1, 0.15) is 26.7 Å². The number of ether oxygens (including phenoxy) is 2. The molecule has 8 heteroatoms. The number of nitrogens with zero attached hydrogens (tertiary/aromatic N) is 4. The fourth-order valence-corrected chi connectivity index (χ4v) is 3.39. The number of nitrogens with one attached hydrogen (secondary N) is 1. The summed E-state index contributed by atoms with van der Waals surface area (Å²) in [6.07, 6.45) is 3.71. The van der Waals surface area contributed by atoms with E-state index in [1.54, 1.807) is 6.20 Å². The highest BCUT2D eigenvalue weighted by Gasteiger charge is 2.23. The van der Waals surface area contributed by atoms with Gasteiger partial charge in [0, 0.05) is 31.9 Å². The van der Waals surface area contributed by atoms with Crippen molar-refractivity contribution < 1.29 is 14.3 Å². The SMILES string of the molecule is CCOCCn1c(NC2CCN(CC(=O)OCC)CC2)nc2cccnc21. The molecule has 0 radical (unpaired) electrons. The number of imidazole rings is 1. The van der Waals surface area contributed by atoms with Gasteiger partial charge in [-0.1, -0.05) is 0 Å². The maximum Gasteiger partial charge on any atom is 0.320 e. The number of likely N-dealkylation sites (tertiary alicyclic amines) is 1. The van der Waals surface area contributed by atoms with Crippen LogP contribution in [0.3, 0.4) is 0 Å². The first-order valence-corrected chi connectivity index (χ1v) is 9.74. The van der Waals surface area contributed by atoms with Crippen molar-refractivity contribution >= 4 is 23.1 Å². The van der Waals surface area contributed by atoms with Crippen LogP contribution in [0.4, 0.5) is 5.95 Å². The van der Waals surface area contributed by atoms with E-state index in [4.69, 9.17) is 14.5 Å². The Morgan fingerprint density at radius 3 is 2.85 bits per heavy atom. The number of pyridine rings is 1. The molecule has 1 fully saturated rings.